The zero-order valence-corrected chi connectivity index (χ0v) is 14.9. The van der Waals surface area contributed by atoms with Crippen LogP contribution in [0.3, 0.4) is 0 Å². The van der Waals surface area contributed by atoms with Crippen LogP contribution in [0.4, 0.5) is 0 Å². The molecule has 24 heavy (non-hydrogen) atoms. The number of hydrogen-bond donors (Lipinski definition) is 0. The Morgan fingerprint density at radius 3 is 2.75 bits per heavy atom. The summed E-state index contributed by atoms with van der Waals surface area (Å²) < 4.78 is 1.75. The molecule has 1 amide bonds. The van der Waals surface area contributed by atoms with Gasteiger partial charge in [-0.1, -0.05) is 0 Å². The number of thiophene rings is 1. The predicted octanol–water partition coefficient (Wildman–Crippen LogP) is 3.51. The first-order chi connectivity index (χ1) is 11.6. The molecule has 0 saturated carbocycles. The molecule has 0 aliphatic heterocycles. The number of amides is 1. The van der Waals surface area contributed by atoms with E-state index >= 15 is 0 Å². The van der Waals surface area contributed by atoms with Gasteiger partial charge in [0.2, 0.25) is 0 Å². The maximum atomic E-state index is 12.9. The number of carbonyl (C=O) groups is 1. The summed E-state index contributed by atoms with van der Waals surface area (Å²) >= 11 is 1.64. The lowest BCUT2D eigenvalue weighted by Crippen LogP contribution is -2.31. The van der Waals surface area contributed by atoms with E-state index in [0.717, 1.165) is 22.5 Å². The summed E-state index contributed by atoms with van der Waals surface area (Å²) in [5.74, 6) is 0.00298. The fraction of sp³-hybridized carbons (Fsp3) is 0.278. The average molecular weight is 340 g/mol. The summed E-state index contributed by atoms with van der Waals surface area (Å²) in [4.78, 5) is 19.3. The van der Waals surface area contributed by atoms with Gasteiger partial charge in [0, 0.05) is 42.8 Å². The van der Waals surface area contributed by atoms with Crippen molar-refractivity contribution in [3.05, 3.63) is 58.2 Å². The molecule has 0 atom stereocenters. The highest BCUT2D eigenvalue weighted by Gasteiger charge is 2.18. The molecule has 0 unspecified atom stereocenters. The molecule has 0 saturated heterocycles. The van der Waals surface area contributed by atoms with Gasteiger partial charge in [0.15, 0.2) is 0 Å². The van der Waals surface area contributed by atoms with Crippen LogP contribution in [0.25, 0.3) is 11.3 Å². The van der Waals surface area contributed by atoms with Gasteiger partial charge in [-0.2, -0.15) is 16.4 Å². The molecular formula is C18H20N4OS. The second-order valence-electron chi connectivity index (χ2n) is 5.68. The van der Waals surface area contributed by atoms with Crippen molar-refractivity contribution in [3.63, 3.8) is 0 Å². The first kappa shape index (κ1) is 16.4. The van der Waals surface area contributed by atoms with Gasteiger partial charge in [-0.15, -0.1) is 0 Å². The smallest absolute Gasteiger partial charge is 0.255 e. The van der Waals surface area contributed by atoms with E-state index in [-0.39, 0.29) is 5.91 Å². The van der Waals surface area contributed by atoms with Crippen molar-refractivity contribution >= 4 is 17.2 Å². The molecule has 0 N–H and O–H groups in total. The fourth-order valence-corrected chi connectivity index (χ4v) is 3.28. The molecule has 0 bridgehead atoms. The topological polar surface area (TPSA) is 51.0 Å². The van der Waals surface area contributed by atoms with E-state index in [4.69, 9.17) is 0 Å². The molecule has 5 nitrogen and oxygen atoms in total. The molecule has 0 aliphatic rings. The van der Waals surface area contributed by atoms with Gasteiger partial charge in [0.1, 0.15) is 0 Å². The number of nitrogens with zero attached hydrogens (tertiary/aromatic N) is 4. The standard InChI is InChI=1S/C18H20N4OS/c1-4-22(11-14-9-19-21(3)10-14)18(23)16-5-6-17(20-13(16)2)15-7-8-24-12-15/h5-10,12H,4,11H2,1-3H3. The van der Waals surface area contributed by atoms with E-state index in [1.165, 1.54) is 0 Å². The third kappa shape index (κ3) is 3.38. The van der Waals surface area contributed by atoms with Crippen LogP contribution in [0.1, 0.15) is 28.5 Å². The van der Waals surface area contributed by atoms with Crippen LogP contribution in [0.2, 0.25) is 0 Å². The van der Waals surface area contributed by atoms with E-state index in [1.54, 1.807) is 22.2 Å². The summed E-state index contributed by atoms with van der Waals surface area (Å²) in [6.45, 7) is 5.06. The maximum Gasteiger partial charge on any atom is 0.255 e. The zero-order chi connectivity index (χ0) is 17.1. The predicted molar refractivity (Wildman–Crippen MR) is 95.9 cm³/mol. The highest BCUT2D eigenvalue weighted by Crippen LogP contribution is 2.22. The van der Waals surface area contributed by atoms with E-state index < -0.39 is 0 Å². The Bertz CT molecular complexity index is 839. The van der Waals surface area contributed by atoms with Crippen LogP contribution in [0.15, 0.2) is 41.4 Å². The van der Waals surface area contributed by atoms with Crippen LogP contribution in [-0.4, -0.2) is 32.1 Å². The first-order valence-corrected chi connectivity index (χ1v) is 8.79. The molecule has 3 aromatic heterocycles. The van der Waals surface area contributed by atoms with Gasteiger partial charge in [0.25, 0.3) is 5.91 Å². The Hall–Kier alpha value is -2.47. The van der Waals surface area contributed by atoms with Crippen molar-refractivity contribution in [2.75, 3.05) is 6.54 Å². The minimum absolute atomic E-state index is 0.00298. The van der Waals surface area contributed by atoms with Crippen LogP contribution < -0.4 is 0 Å². The van der Waals surface area contributed by atoms with E-state index in [2.05, 4.69) is 15.5 Å². The highest BCUT2D eigenvalue weighted by atomic mass is 32.1. The molecule has 6 heteroatoms. The van der Waals surface area contributed by atoms with Gasteiger partial charge in [-0.3, -0.25) is 14.5 Å². The highest BCUT2D eigenvalue weighted by molar-refractivity contribution is 7.08. The molecule has 0 spiro atoms. The quantitative estimate of drug-likeness (QED) is 0.714. The minimum Gasteiger partial charge on any atom is -0.334 e. The Morgan fingerprint density at radius 2 is 2.17 bits per heavy atom. The van der Waals surface area contributed by atoms with Gasteiger partial charge in [0.05, 0.1) is 23.1 Å². The summed E-state index contributed by atoms with van der Waals surface area (Å²) in [5.41, 5.74) is 4.42. The average Bonchev–Trinajstić information content (AvgIpc) is 3.23. The van der Waals surface area contributed by atoms with Gasteiger partial charge < -0.3 is 4.90 Å². The summed E-state index contributed by atoms with van der Waals surface area (Å²) in [6, 6.07) is 5.83. The lowest BCUT2D eigenvalue weighted by atomic mass is 10.1. The molecule has 3 heterocycles. The van der Waals surface area contributed by atoms with E-state index in [1.807, 2.05) is 55.6 Å². The van der Waals surface area contributed by atoms with Crippen LogP contribution in [0, 0.1) is 6.92 Å². The lowest BCUT2D eigenvalue weighted by molar-refractivity contribution is 0.0751. The zero-order valence-electron chi connectivity index (χ0n) is 14.1. The van der Waals surface area contributed by atoms with Crippen molar-refractivity contribution in [1.29, 1.82) is 0 Å². The molecule has 0 radical (unpaired) electrons. The van der Waals surface area contributed by atoms with Gasteiger partial charge in [-0.05, 0) is 37.4 Å². The number of aromatic nitrogens is 3. The normalized spacial score (nSPS) is 10.8. The Balaban J connectivity index is 1.82. The van der Waals surface area contributed by atoms with Crippen molar-refractivity contribution in [3.8, 4) is 11.3 Å². The monoisotopic (exact) mass is 340 g/mol. The molecule has 0 aliphatic carbocycles. The van der Waals surface area contributed by atoms with E-state index in [0.29, 0.717) is 18.7 Å². The number of carbonyl (C=O) groups excluding carboxylic acids is 1. The van der Waals surface area contributed by atoms with Crippen LogP contribution in [0.5, 0.6) is 0 Å². The molecule has 0 fully saturated rings. The first-order valence-electron chi connectivity index (χ1n) is 7.85. The number of hydrogen-bond acceptors (Lipinski definition) is 4. The second-order valence-corrected chi connectivity index (χ2v) is 6.46. The molecule has 3 aromatic rings. The molecule has 124 valence electrons. The SMILES string of the molecule is CCN(Cc1cnn(C)c1)C(=O)c1ccc(-c2ccsc2)nc1C. The largest absolute Gasteiger partial charge is 0.334 e. The number of aryl methyl sites for hydroxylation is 2. The fourth-order valence-electron chi connectivity index (χ4n) is 2.63. The van der Waals surface area contributed by atoms with Crippen molar-refractivity contribution < 1.29 is 4.79 Å². The van der Waals surface area contributed by atoms with Crippen molar-refractivity contribution in [1.82, 2.24) is 19.7 Å². The van der Waals surface area contributed by atoms with Crippen LogP contribution in [-0.2, 0) is 13.6 Å². The van der Waals surface area contributed by atoms with E-state index in [9.17, 15) is 4.79 Å². The molecular weight excluding hydrogens is 320 g/mol. The summed E-state index contributed by atoms with van der Waals surface area (Å²) in [5, 5.41) is 8.25. The molecule has 3 rings (SSSR count). The third-order valence-electron chi connectivity index (χ3n) is 3.93. The molecule has 0 aromatic carbocycles. The number of rotatable bonds is 5. The number of pyridine rings is 1. The minimum atomic E-state index is 0.00298. The van der Waals surface area contributed by atoms with Gasteiger partial charge in [-0.25, -0.2) is 0 Å². The summed E-state index contributed by atoms with van der Waals surface area (Å²) in [6.07, 6.45) is 3.72. The van der Waals surface area contributed by atoms with Crippen molar-refractivity contribution in [2.24, 2.45) is 7.05 Å². The van der Waals surface area contributed by atoms with Gasteiger partial charge >= 0.3 is 0 Å². The maximum absolute atomic E-state index is 12.9. The Kier molecular flexibility index (Phi) is 4.76. The lowest BCUT2D eigenvalue weighted by Gasteiger charge is -2.21. The van der Waals surface area contributed by atoms with Crippen LogP contribution >= 0.6 is 11.3 Å². The third-order valence-corrected chi connectivity index (χ3v) is 4.62. The Labute approximate surface area is 145 Å². The Morgan fingerprint density at radius 1 is 1.33 bits per heavy atom. The van der Waals surface area contributed by atoms with Crippen molar-refractivity contribution in [2.45, 2.75) is 20.4 Å². The second kappa shape index (κ2) is 6.97. The summed E-state index contributed by atoms with van der Waals surface area (Å²) in [7, 11) is 1.87.